The van der Waals surface area contributed by atoms with Gasteiger partial charge in [-0.2, -0.15) is 0 Å². The molecule has 0 spiro atoms. The van der Waals surface area contributed by atoms with Gasteiger partial charge in [0.2, 0.25) is 0 Å². The van der Waals surface area contributed by atoms with Gasteiger partial charge < -0.3 is 4.52 Å². The average molecular weight is 249 g/mol. The van der Waals surface area contributed by atoms with Crippen molar-refractivity contribution in [3.05, 3.63) is 53.6 Å². The van der Waals surface area contributed by atoms with Crippen LogP contribution in [-0.4, -0.2) is 5.16 Å². The van der Waals surface area contributed by atoms with Crippen molar-refractivity contribution in [2.45, 2.75) is 25.7 Å². The molecule has 0 amide bonds. The van der Waals surface area contributed by atoms with Crippen LogP contribution in [0.15, 0.2) is 47.0 Å². The molecule has 94 valence electrons. The quantitative estimate of drug-likeness (QED) is 0.640. The van der Waals surface area contributed by atoms with E-state index in [0.717, 1.165) is 23.1 Å². The molecule has 1 aliphatic carbocycles. The third-order valence-electron chi connectivity index (χ3n) is 4.03. The Labute approximate surface area is 112 Å². The molecule has 3 aromatic rings. The number of benzene rings is 2. The fourth-order valence-corrected chi connectivity index (χ4v) is 3.08. The molecule has 0 radical (unpaired) electrons. The lowest BCUT2D eigenvalue weighted by Gasteiger charge is -2.18. The van der Waals surface area contributed by atoms with E-state index in [1.165, 1.54) is 36.0 Å². The zero-order chi connectivity index (χ0) is 12.7. The second-order valence-electron chi connectivity index (χ2n) is 5.18. The number of nitrogens with zero attached hydrogens (tertiary/aromatic N) is 1. The van der Waals surface area contributed by atoms with Gasteiger partial charge >= 0.3 is 0 Å². The Balaban J connectivity index is 1.97. The Morgan fingerprint density at radius 2 is 1.79 bits per heavy atom. The van der Waals surface area contributed by atoms with E-state index in [9.17, 15) is 0 Å². The van der Waals surface area contributed by atoms with Crippen molar-refractivity contribution in [3.8, 4) is 11.3 Å². The Hall–Kier alpha value is -2.09. The van der Waals surface area contributed by atoms with Crippen molar-refractivity contribution in [2.24, 2.45) is 0 Å². The van der Waals surface area contributed by atoms with E-state index in [2.05, 4.69) is 29.4 Å². The summed E-state index contributed by atoms with van der Waals surface area (Å²) < 4.78 is 5.44. The number of hydrogen-bond acceptors (Lipinski definition) is 2. The van der Waals surface area contributed by atoms with Crippen LogP contribution in [0.4, 0.5) is 0 Å². The Morgan fingerprint density at radius 3 is 2.79 bits per heavy atom. The fourth-order valence-electron chi connectivity index (χ4n) is 3.08. The van der Waals surface area contributed by atoms with Gasteiger partial charge in [0.25, 0.3) is 0 Å². The molecule has 1 heterocycles. The lowest BCUT2D eigenvalue weighted by molar-refractivity contribution is 0.459. The second kappa shape index (κ2) is 4.23. The summed E-state index contributed by atoms with van der Waals surface area (Å²) in [5.41, 5.74) is 6.06. The van der Waals surface area contributed by atoms with E-state index in [-0.39, 0.29) is 0 Å². The van der Waals surface area contributed by atoms with Crippen LogP contribution < -0.4 is 0 Å². The van der Waals surface area contributed by atoms with Crippen molar-refractivity contribution < 1.29 is 4.52 Å². The van der Waals surface area contributed by atoms with Crippen LogP contribution in [0.25, 0.3) is 22.2 Å². The van der Waals surface area contributed by atoms with E-state index in [1.54, 1.807) is 0 Å². The highest BCUT2D eigenvalue weighted by atomic mass is 16.5. The number of rotatable bonds is 1. The monoisotopic (exact) mass is 249 g/mol. The van der Waals surface area contributed by atoms with Crippen LogP contribution in [0.3, 0.4) is 0 Å². The smallest absolute Gasteiger partial charge is 0.167 e. The molecule has 0 saturated carbocycles. The topological polar surface area (TPSA) is 26.0 Å². The van der Waals surface area contributed by atoms with Gasteiger partial charge in [0, 0.05) is 10.9 Å². The fraction of sp³-hybridized carbons (Fsp3) is 0.235. The first kappa shape index (κ1) is 10.8. The summed E-state index contributed by atoms with van der Waals surface area (Å²) in [4.78, 5) is 0. The summed E-state index contributed by atoms with van der Waals surface area (Å²) in [5.74, 6) is 0. The number of para-hydroxylation sites is 1. The van der Waals surface area contributed by atoms with Gasteiger partial charge in [0.1, 0.15) is 5.69 Å². The molecule has 0 atom stereocenters. The molecule has 0 saturated heterocycles. The maximum atomic E-state index is 5.44. The molecule has 0 unspecified atom stereocenters. The second-order valence-corrected chi connectivity index (χ2v) is 5.18. The molecule has 0 fully saturated rings. The van der Waals surface area contributed by atoms with Crippen LogP contribution in [0.1, 0.15) is 24.0 Å². The molecule has 1 aromatic heterocycles. The van der Waals surface area contributed by atoms with E-state index in [0.29, 0.717) is 0 Å². The highest BCUT2D eigenvalue weighted by Gasteiger charge is 2.17. The maximum Gasteiger partial charge on any atom is 0.167 e. The molecule has 0 aliphatic heterocycles. The van der Waals surface area contributed by atoms with Crippen molar-refractivity contribution in [1.82, 2.24) is 5.16 Å². The zero-order valence-corrected chi connectivity index (χ0v) is 10.7. The predicted molar refractivity (Wildman–Crippen MR) is 76.1 cm³/mol. The van der Waals surface area contributed by atoms with Crippen LogP contribution >= 0.6 is 0 Å². The number of fused-ring (bicyclic) bond motifs is 2. The van der Waals surface area contributed by atoms with E-state index in [4.69, 9.17) is 4.52 Å². The average Bonchev–Trinajstić information content (AvgIpc) is 2.90. The SMILES string of the molecule is c1cc2c(c(-c3noc4ccccc34)c1)CCCC2. The van der Waals surface area contributed by atoms with E-state index in [1.807, 2.05) is 18.2 Å². The summed E-state index contributed by atoms with van der Waals surface area (Å²) >= 11 is 0. The molecule has 4 rings (SSSR count). The molecular weight excluding hydrogens is 234 g/mol. The molecule has 0 bridgehead atoms. The van der Waals surface area contributed by atoms with Crippen molar-refractivity contribution in [1.29, 1.82) is 0 Å². The number of aromatic nitrogens is 1. The highest BCUT2D eigenvalue weighted by Crippen LogP contribution is 2.34. The lowest BCUT2D eigenvalue weighted by atomic mass is 9.87. The molecular formula is C17H15NO. The highest BCUT2D eigenvalue weighted by molar-refractivity contribution is 5.92. The minimum atomic E-state index is 0.867. The number of aryl methyl sites for hydroxylation is 1. The Morgan fingerprint density at radius 1 is 0.895 bits per heavy atom. The molecule has 19 heavy (non-hydrogen) atoms. The van der Waals surface area contributed by atoms with Crippen molar-refractivity contribution in [3.63, 3.8) is 0 Å². The van der Waals surface area contributed by atoms with Gasteiger partial charge in [0.15, 0.2) is 5.58 Å². The van der Waals surface area contributed by atoms with Crippen molar-refractivity contribution in [2.75, 3.05) is 0 Å². The first-order valence-corrected chi connectivity index (χ1v) is 6.89. The molecule has 2 heteroatoms. The van der Waals surface area contributed by atoms with Gasteiger partial charge in [-0.25, -0.2) is 0 Å². The minimum absolute atomic E-state index is 0.867. The zero-order valence-electron chi connectivity index (χ0n) is 10.7. The third kappa shape index (κ3) is 1.67. The third-order valence-corrected chi connectivity index (χ3v) is 4.03. The summed E-state index contributed by atoms with van der Waals surface area (Å²) in [6.07, 6.45) is 4.93. The van der Waals surface area contributed by atoms with Gasteiger partial charge in [-0.1, -0.05) is 35.5 Å². The summed E-state index contributed by atoms with van der Waals surface area (Å²) in [6.45, 7) is 0. The first-order chi connectivity index (χ1) is 9.43. The molecule has 2 aromatic carbocycles. The van der Waals surface area contributed by atoms with E-state index >= 15 is 0 Å². The van der Waals surface area contributed by atoms with Gasteiger partial charge in [-0.3, -0.25) is 0 Å². The van der Waals surface area contributed by atoms with Crippen LogP contribution in [-0.2, 0) is 12.8 Å². The van der Waals surface area contributed by atoms with E-state index < -0.39 is 0 Å². The lowest BCUT2D eigenvalue weighted by Crippen LogP contribution is -2.04. The van der Waals surface area contributed by atoms with Gasteiger partial charge in [-0.05, 0) is 48.9 Å². The largest absolute Gasteiger partial charge is 0.356 e. The number of hydrogen-bond donors (Lipinski definition) is 0. The van der Waals surface area contributed by atoms with Crippen LogP contribution in [0.2, 0.25) is 0 Å². The van der Waals surface area contributed by atoms with Gasteiger partial charge in [0.05, 0.1) is 0 Å². The predicted octanol–water partition coefficient (Wildman–Crippen LogP) is 4.37. The van der Waals surface area contributed by atoms with Crippen molar-refractivity contribution >= 4 is 11.0 Å². The van der Waals surface area contributed by atoms with Gasteiger partial charge in [-0.15, -0.1) is 0 Å². The molecule has 2 nitrogen and oxygen atoms in total. The maximum absolute atomic E-state index is 5.44. The molecule has 1 aliphatic rings. The Kier molecular flexibility index (Phi) is 2.41. The molecule has 0 N–H and O–H groups in total. The van der Waals surface area contributed by atoms with Crippen LogP contribution in [0, 0.1) is 0 Å². The standard InChI is InChI=1S/C17H15NO/c1-2-8-13-12(6-1)7-5-10-14(13)17-15-9-3-4-11-16(15)19-18-17/h3-5,7,9-11H,1-2,6,8H2. The minimum Gasteiger partial charge on any atom is -0.356 e. The summed E-state index contributed by atoms with van der Waals surface area (Å²) in [7, 11) is 0. The summed E-state index contributed by atoms with van der Waals surface area (Å²) in [5, 5.41) is 5.41. The first-order valence-electron chi connectivity index (χ1n) is 6.89. The summed E-state index contributed by atoms with van der Waals surface area (Å²) in [6, 6.07) is 14.7. The Bertz CT molecular complexity index is 742. The van der Waals surface area contributed by atoms with Crippen LogP contribution in [0.5, 0.6) is 0 Å². The normalized spacial score (nSPS) is 14.5.